The number of carbonyl (C=O) groups is 2. The molecule has 28 heavy (non-hydrogen) atoms. The van der Waals surface area contributed by atoms with E-state index in [1.807, 2.05) is 0 Å². The summed E-state index contributed by atoms with van der Waals surface area (Å²) in [6, 6.07) is 6.95. The molecule has 2 N–H and O–H groups in total. The number of aryl methyl sites for hydroxylation is 2. The van der Waals surface area contributed by atoms with E-state index in [-0.39, 0.29) is 29.0 Å². The van der Waals surface area contributed by atoms with Gasteiger partial charge in [-0.05, 0) is 19.1 Å². The van der Waals surface area contributed by atoms with Crippen LogP contribution in [0, 0.1) is 6.92 Å². The van der Waals surface area contributed by atoms with E-state index in [9.17, 15) is 14.4 Å². The normalized spacial score (nSPS) is 15.3. The highest BCUT2D eigenvalue weighted by Crippen LogP contribution is 2.30. The first kappa shape index (κ1) is 17.6. The van der Waals surface area contributed by atoms with Gasteiger partial charge in [0.1, 0.15) is 24.1 Å². The number of rotatable bonds is 2. The number of hydrogen-bond acceptors (Lipinski definition) is 7. The zero-order chi connectivity index (χ0) is 19.8. The molecule has 0 aliphatic carbocycles. The van der Waals surface area contributed by atoms with Crippen molar-refractivity contribution in [3.8, 4) is 11.5 Å². The van der Waals surface area contributed by atoms with Crippen LogP contribution in [-0.4, -0.2) is 34.1 Å². The minimum atomic E-state index is -0.938. The van der Waals surface area contributed by atoms with Crippen LogP contribution < -0.4 is 25.9 Å². The molecule has 0 saturated heterocycles. The first-order valence-corrected chi connectivity index (χ1v) is 8.39. The van der Waals surface area contributed by atoms with E-state index in [4.69, 9.17) is 13.9 Å². The molecule has 0 fully saturated rings. The molecule has 4 rings (SSSR count). The molecule has 10 nitrogen and oxygen atoms in total. The first-order valence-electron chi connectivity index (χ1n) is 8.39. The molecule has 10 heteroatoms. The van der Waals surface area contributed by atoms with Gasteiger partial charge in [0.05, 0.1) is 5.56 Å². The molecule has 144 valence electrons. The molecule has 1 unspecified atom stereocenters. The largest absolute Gasteiger partial charge is 0.485 e. The molecular weight excluding hydrogens is 368 g/mol. The van der Waals surface area contributed by atoms with Crippen LogP contribution in [0.1, 0.15) is 16.1 Å². The van der Waals surface area contributed by atoms with Gasteiger partial charge in [-0.3, -0.25) is 25.2 Å². The van der Waals surface area contributed by atoms with Gasteiger partial charge in [0.25, 0.3) is 17.4 Å². The van der Waals surface area contributed by atoms with E-state index in [1.165, 1.54) is 24.9 Å². The number of furan rings is 1. The Kier molecular flexibility index (Phi) is 4.22. The van der Waals surface area contributed by atoms with Crippen molar-refractivity contribution in [2.75, 3.05) is 6.61 Å². The standard InChI is InChI=1S/C18H16N4O6/c1-9-13(14-17(27-9)19-8-22(2)18(14)25)16(24)21-20-15(23)12-7-26-10-5-3-4-6-11(10)28-12/h3-6,8,12H,7H2,1-2H3,(H,20,23)(H,21,24). The lowest BCUT2D eigenvalue weighted by molar-refractivity contribution is -0.131. The van der Waals surface area contributed by atoms with E-state index in [0.29, 0.717) is 11.5 Å². The Bertz CT molecular complexity index is 1150. The van der Waals surface area contributed by atoms with Gasteiger partial charge in [-0.2, -0.15) is 0 Å². The zero-order valence-corrected chi connectivity index (χ0v) is 15.0. The molecule has 0 saturated carbocycles. The van der Waals surface area contributed by atoms with Crippen LogP contribution in [0.4, 0.5) is 0 Å². The Labute approximate surface area is 158 Å². The van der Waals surface area contributed by atoms with Crippen molar-refractivity contribution in [1.29, 1.82) is 0 Å². The number of amides is 2. The molecule has 3 aromatic rings. The van der Waals surface area contributed by atoms with Crippen molar-refractivity contribution in [1.82, 2.24) is 20.4 Å². The van der Waals surface area contributed by atoms with Crippen molar-refractivity contribution in [3.05, 3.63) is 52.3 Å². The molecule has 1 aliphatic rings. The predicted octanol–water partition coefficient (Wildman–Crippen LogP) is 0.436. The quantitative estimate of drug-likeness (QED) is 0.614. The van der Waals surface area contributed by atoms with Crippen LogP contribution in [0.2, 0.25) is 0 Å². The van der Waals surface area contributed by atoms with Crippen LogP contribution in [-0.2, 0) is 11.8 Å². The fourth-order valence-corrected chi connectivity index (χ4v) is 2.87. The summed E-state index contributed by atoms with van der Waals surface area (Å²) >= 11 is 0. The number of aromatic nitrogens is 2. The Morgan fingerprint density at radius 1 is 1.21 bits per heavy atom. The molecule has 1 aliphatic heterocycles. The second-order valence-electron chi connectivity index (χ2n) is 6.18. The number of ether oxygens (including phenoxy) is 2. The third-order valence-corrected chi connectivity index (χ3v) is 4.28. The summed E-state index contributed by atoms with van der Waals surface area (Å²) in [5, 5.41) is 0.0421. The van der Waals surface area contributed by atoms with E-state index < -0.39 is 23.5 Å². The SMILES string of the molecule is Cc1oc2ncn(C)c(=O)c2c1C(=O)NNC(=O)C1COc2ccccc2O1. The van der Waals surface area contributed by atoms with Crippen LogP contribution in [0.5, 0.6) is 11.5 Å². The Balaban J connectivity index is 1.49. The third-order valence-electron chi connectivity index (χ3n) is 4.28. The van der Waals surface area contributed by atoms with Gasteiger partial charge < -0.3 is 18.5 Å². The monoisotopic (exact) mass is 384 g/mol. The molecule has 3 heterocycles. The number of hydrazine groups is 1. The van der Waals surface area contributed by atoms with Crippen molar-refractivity contribution in [2.45, 2.75) is 13.0 Å². The van der Waals surface area contributed by atoms with Crippen molar-refractivity contribution in [2.24, 2.45) is 7.05 Å². The van der Waals surface area contributed by atoms with E-state index in [0.717, 1.165) is 0 Å². The molecule has 0 bridgehead atoms. The number of carbonyl (C=O) groups excluding carboxylic acids is 2. The van der Waals surface area contributed by atoms with E-state index >= 15 is 0 Å². The molecule has 2 aromatic heterocycles. The van der Waals surface area contributed by atoms with Crippen molar-refractivity contribution in [3.63, 3.8) is 0 Å². The number of nitrogens with one attached hydrogen (secondary N) is 2. The van der Waals surface area contributed by atoms with E-state index in [1.54, 1.807) is 24.3 Å². The van der Waals surface area contributed by atoms with Gasteiger partial charge in [-0.15, -0.1) is 0 Å². The summed E-state index contributed by atoms with van der Waals surface area (Å²) in [5.41, 5.74) is 4.19. The number of para-hydroxylation sites is 2. The summed E-state index contributed by atoms with van der Waals surface area (Å²) in [4.78, 5) is 41.2. The molecule has 0 radical (unpaired) electrons. The maximum atomic E-state index is 12.6. The minimum Gasteiger partial charge on any atom is -0.485 e. The summed E-state index contributed by atoms with van der Waals surface area (Å²) in [5.74, 6) is -0.110. The molecule has 0 spiro atoms. The van der Waals surface area contributed by atoms with Crippen molar-refractivity contribution >= 4 is 22.9 Å². The maximum Gasteiger partial charge on any atom is 0.283 e. The van der Waals surface area contributed by atoms with Gasteiger partial charge in [0.15, 0.2) is 11.5 Å². The fraction of sp³-hybridized carbons (Fsp3) is 0.222. The fourth-order valence-electron chi connectivity index (χ4n) is 2.87. The van der Waals surface area contributed by atoms with Crippen LogP contribution in [0.25, 0.3) is 11.1 Å². The second-order valence-corrected chi connectivity index (χ2v) is 6.18. The summed E-state index contributed by atoms with van der Waals surface area (Å²) < 4.78 is 17.7. The van der Waals surface area contributed by atoms with Gasteiger partial charge in [-0.1, -0.05) is 12.1 Å². The zero-order valence-electron chi connectivity index (χ0n) is 15.0. The van der Waals surface area contributed by atoms with Crippen LogP contribution in [0.3, 0.4) is 0 Å². The van der Waals surface area contributed by atoms with Crippen molar-refractivity contribution < 1.29 is 23.5 Å². The molecular formula is C18H16N4O6. The van der Waals surface area contributed by atoms with E-state index in [2.05, 4.69) is 15.8 Å². The molecule has 1 aromatic carbocycles. The number of benzene rings is 1. The second kappa shape index (κ2) is 6.72. The average Bonchev–Trinajstić information content (AvgIpc) is 3.05. The number of nitrogens with zero attached hydrogens (tertiary/aromatic N) is 2. The molecule has 1 atom stereocenters. The summed E-state index contributed by atoms with van der Waals surface area (Å²) in [6.45, 7) is 1.53. The highest BCUT2D eigenvalue weighted by atomic mass is 16.6. The lowest BCUT2D eigenvalue weighted by Gasteiger charge is -2.25. The Hall–Kier alpha value is -3.82. The predicted molar refractivity (Wildman–Crippen MR) is 95.9 cm³/mol. The number of fused-ring (bicyclic) bond motifs is 2. The minimum absolute atomic E-state index is 0.00313. The van der Waals surface area contributed by atoms with Gasteiger partial charge in [0.2, 0.25) is 11.8 Å². The smallest absolute Gasteiger partial charge is 0.283 e. The number of hydrogen-bond donors (Lipinski definition) is 2. The van der Waals surface area contributed by atoms with Gasteiger partial charge in [0, 0.05) is 7.05 Å². The summed E-state index contributed by atoms with van der Waals surface area (Å²) in [7, 11) is 1.51. The highest BCUT2D eigenvalue weighted by Gasteiger charge is 2.28. The third kappa shape index (κ3) is 2.94. The first-order chi connectivity index (χ1) is 13.5. The summed E-state index contributed by atoms with van der Waals surface area (Å²) in [6.07, 6.45) is 0.363. The lowest BCUT2D eigenvalue weighted by Crippen LogP contribution is -2.51. The van der Waals surface area contributed by atoms with Gasteiger partial charge >= 0.3 is 0 Å². The maximum absolute atomic E-state index is 12.6. The lowest BCUT2D eigenvalue weighted by atomic mass is 10.2. The average molecular weight is 384 g/mol. The Morgan fingerprint density at radius 3 is 2.75 bits per heavy atom. The topological polar surface area (TPSA) is 125 Å². The Morgan fingerprint density at radius 2 is 1.96 bits per heavy atom. The van der Waals surface area contributed by atoms with Crippen LogP contribution >= 0.6 is 0 Å². The molecule has 2 amide bonds. The van der Waals surface area contributed by atoms with Crippen LogP contribution in [0.15, 0.2) is 39.8 Å². The highest BCUT2D eigenvalue weighted by molar-refractivity contribution is 6.06. The van der Waals surface area contributed by atoms with Gasteiger partial charge in [-0.25, -0.2) is 4.98 Å².